The first-order valence-electron chi connectivity index (χ1n) is 12.0. The first kappa shape index (κ1) is 22.6. The van der Waals surface area contributed by atoms with Gasteiger partial charge in [-0.3, -0.25) is 14.9 Å². The number of amides is 1. The number of tetrazole rings is 1. The van der Waals surface area contributed by atoms with Gasteiger partial charge in [0.2, 0.25) is 11.9 Å². The number of aromatic nitrogens is 6. The van der Waals surface area contributed by atoms with Crippen molar-refractivity contribution in [2.45, 2.75) is 52.0 Å². The number of benzene rings is 2. The average molecular weight is 470 g/mol. The maximum absolute atomic E-state index is 13.0. The maximum Gasteiger partial charge on any atom is 0.278 e. The van der Waals surface area contributed by atoms with Crippen molar-refractivity contribution in [1.82, 2.24) is 30.2 Å². The molecule has 0 fully saturated rings. The van der Waals surface area contributed by atoms with Crippen LogP contribution in [0.4, 0.5) is 5.95 Å². The van der Waals surface area contributed by atoms with Gasteiger partial charge in [-0.2, -0.15) is 4.98 Å². The number of nitrogens with one attached hydrogen (secondary N) is 2. The zero-order valence-electron chi connectivity index (χ0n) is 19.8. The van der Waals surface area contributed by atoms with Crippen molar-refractivity contribution in [1.29, 1.82) is 0 Å². The summed E-state index contributed by atoms with van der Waals surface area (Å²) in [6.07, 6.45) is 3.78. The molecule has 1 aliphatic rings. The quantitative estimate of drug-likeness (QED) is 0.404. The van der Waals surface area contributed by atoms with E-state index in [1.54, 1.807) is 0 Å². The molecule has 35 heavy (non-hydrogen) atoms. The predicted molar refractivity (Wildman–Crippen MR) is 133 cm³/mol. The monoisotopic (exact) mass is 469 g/mol. The third-order valence-electron chi connectivity index (χ3n) is 6.51. The number of nitrogens with zero attached hydrogens (tertiary/aromatic N) is 5. The van der Waals surface area contributed by atoms with Gasteiger partial charge in [0, 0.05) is 23.2 Å². The number of anilines is 1. The average Bonchev–Trinajstić information content (AvgIpc) is 3.52. The van der Waals surface area contributed by atoms with Crippen molar-refractivity contribution < 1.29 is 4.79 Å². The van der Waals surface area contributed by atoms with Crippen LogP contribution in [0, 0.1) is 0 Å². The Labute approximate surface area is 202 Å². The van der Waals surface area contributed by atoms with Crippen molar-refractivity contribution in [3.63, 3.8) is 0 Å². The summed E-state index contributed by atoms with van der Waals surface area (Å²) in [5, 5.41) is 17.0. The van der Waals surface area contributed by atoms with Crippen LogP contribution in [0.5, 0.6) is 0 Å². The number of unbranched alkanes of at least 4 members (excludes halogenated alkanes) is 1. The van der Waals surface area contributed by atoms with E-state index in [2.05, 4.69) is 37.8 Å². The zero-order chi connectivity index (χ0) is 24.4. The van der Waals surface area contributed by atoms with Crippen LogP contribution in [0.25, 0.3) is 22.5 Å². The summed E-state index contributed by atoms with van der Waals surface area (Å²) in [4.78, 5) is 29.7. The highest BCUT2D eigenvalue weighted by atomic mass is 16.2. The minimum absolute atomic E-state index is 0.0979. The SMILES string of the molecule is CCCCc1c(Cc2ccc(-c3ccccc3-c3nnn[nH]3)cc2)c(=O)nc2n1C(CC)C(=O)N2. The Balaban J connectivity index is 1.50. The molecule has 1 atom stereocenters. The Morgan fingerprint density at radius 1 is 1.00 bits per heavy atom. The molecule has 2 aromatic carbocycles. The minimum atomic E-state index is -0.326. The van der Waals surface area contributed by atoms with Crippen molar-refractivity contribution >= 4 is 11.9 Å². The summed E-state index contributed by atoms with van der Waals surface area (Å²) >= 11 is 0. The van der Waals surface area contributed by atoms with E-state index in [0.717, 1.165) is 47.2 Å². The molecule has 0 saturated heterocycles. The van der Waals surface area contributed by atoms with Gasteiger partial charge >= 0.3 is 0 Å². The molecule has 0 aliphatic carbocycles. The van der Waals surface area contributed by atoms with Gasteiger partial charge in [-0.15, -0.1) is 5.10 Å². The van der Waals surface area contributed by atoms with Gasteiger partial charge in [0.25, 0.3) is 5.56 Å². The van der Waals surface area contributed by atoms with Gasteiger partial charge in [-0.25, -0.2) is 5.10 Å². The smallest absolute Gasteiger partial charge is 0.278 e. The number of carbonyl (C=O) groups excluding carboxylic acids is 1. The third-order valence-corrected chi connectivity index (χ3v) is 6.51. The Bertz CT molecular complexity index is 1410. The summed E-state index contributed by atoms with van der Waals surface area (Å²) in [6.45, 7) is 4.10. The molecule has 1 unspecified atom stereocenters. The fourth-order valence-electron chi connectivity index (χ4n) is 4.73. The molecule has 2 N–H and O–H groups in total. The summed E-state index contributed by atoms with van der Waals surface area (Å²) in [5.41, 5.74) is 5.27. The maximum atomic E-state index is 13.0. The Hall–Kier alpha value is -4.14. The number of rotatable bonds is 8. The lowest BCUT2D eigenvalue weighted by Crippen LogP contribution is -2.24. The van der Waals surface area contributed by atoms with Crippen molar-refractivity contribution in [3.8, 4) is 22.5 Å². The number of carbonyl (C=O) groups is 1. The van der Waals surface area contributed by atoms with Crippen molar-refractivity contribution in [2.75, 3.05) is 5.32 Å². The van der Waals surface area contributed by atoms with Crippen LogP contribution in [0.15, 0.2) is 53.3 Å². The third kappa shape index (κ3) is 4.25. The van der Waals surface area contributed by atoms with Crippen LogP contribution in [-0.2, 0) is 17.6 Å². The topological polar surface area (TPSA) is 118 Å². The molecule has 178 valence electrons. The first-order chi connectivity index (χ1) is 17.1. The van der Waals surface area contributed by atoms with E-state index in [0.29, 0.717) is 30.2 Å². The highest BCUT2D eigenvalue weighted by molar-refractivity contribution is 5.96. The van der Waals surface area contributed by atoms with E-state index in [-0.39, 0.29) is 17.5 Å². The molecule has 9 nitrogen and oxygen atoms in total. The van der Waals surface area contributed by atoms with E-state index in [1.165, 1.54) is 0 Å². The number of aromatic amines is 1. The standard InChI is InChI=1S/C26H27N7O2/c1-3-5-10-22-20(24(34)27-26-28-25(35)21(4-2)33(22)26)15-16-11-13-17(14-12-16)18-8-6-7-9-19(18)23-29-31-32-30-23/h6-9,11-14,21H,3-5,10,15H2,1-2H3,(H,27,28,34,35)(H,29,30,31,32). The minimum Gasteiger partial charge on any atom is -0.303 e. The van der Waals surface area contributed by atoms with Gasteiger partial charge in [0.1, 0.15) is 6.04 Å². The highest BCUT2D eigenvalue weighted by Crippen LogP contribution is 2.31. The van der Waals surface area contributed by atoms with Gasteiger partial charge in [-0.1, -0.05) is 68.8 Å². The fraction of sp³-hybridized carbons (Fsp3) is 0.308. The van der Waals surface area contributed by atoms with Crippen LogP contribution in [0.1, 0.15) is 56.0 Å². The summed E-state index contributed by atoms with van der Waals surface area (Å²) in [6, 6.07) is 15.8. The van der Waals surface area contributed by atoms with Gasteiger partial charge in [0.15, 0.2) is 5.82 Å². The fourth-order valence-corrected chi connectivity index (χ4v) is 4.73. The molecule has 1 amide bonds. The lowest BCUT2D eigenvalue weighted by molar-refractivity contribution is -0.118. The molecular weight excluding hydrogens is 442 g/mol. The number of fused-ring (bicyclic) bond motifs is 1. The molecular formula is C26H27N7O2. The Morgan fingerprint density at radius 3 is 2.46 bits per heavy atom. The first-order valence-corrected chi connectivity index (χ1v) is 12.0. The zero-order valence-corrected chi connectivity index (χ0v) is 19.8. The Morgan fingerprint density at radius 2 is 1.77 bits per heavy atom. The Kier molecular flexibility index (Phi) is 6.22. The molecule has 5 rings (SSSR count). The van der Waals surface area contributed by atoms with E-state index < -0.39 is 0 Å². The largest absolute Gasteiger partial charge is 0.303 e. The number of hydrogen-bond donors (Lipinski definition) is 2. The summed E-state index contributed by atoms with van der Waals surface area (Å²) < 4.78 is 1.95. The number of hydrogen-bond acceptors (Lipinski definition) is 6. The normalized spacial score (nSPS) is 14.7. The molecule has 0 spiro atoms. The van der Waals surface area contributed by atoms with Crippen LogP contribution in [0.2, 0.25) is 0 Å². The van der Waals surface area contributed by atoms with Crippen molar-refractivity contribution in [2.24, 2.45) is 0 Å². The summed E-state index contributed by atoms with van der Waals surface area (Å²) in [7, 11) is 0. The molecule has 2 aromatic heterocycles. The van der Waals surface area contributed by atoms with Gasteiger partial charge in [0.05, 0.1) is 0 Å². The second-order valence-corrected chi connectivity index (χ2v) is 8.72. The molecule has 3 heterocycles. The molecule has 4 aromatic rings. The van der Waals surface area contributed by atoms with Gasteiger partial charge in [-0.05, 0) is 46.4 Å². The van der Waals surface area contributed by atoms with Crippen LogP contribution < -0.4 is 10.9 Å². The van der Waals surface area contributed by atoms with E-state index in [1.807, 2.05) is 60.0 Å². The van der Waals surface area contributed by atoms with Crippen LogP contribution in [-0.4, -0.2) is 36.1 Å². The van der Waals surface area contributed by atoms with Crippen LogP contribution in [0.3, 0.4) is 0 Å². The van der Waals surface area contributed by atoms with E-state index >= 15 is 0 Å². The van der Waals surface area contributed by atoms with E-state index in [9.17, 15) is 9.59 Å². The molecule has 0 radical (unpaired) electrons. The molecule has 1 aliphatic heterocycles. The van der Waals surface area contributed by atoms with E-state index in [4.69, 9.17) is 0 Å². The lowest BCUT2D eigenvalue weighted by atomic mass is 9.96. The second-order valence-electron chi connectivity index (χ2n) is 8.72. The highest BCUT2D eigenvalue weighted by Gasteiger charge is 2.32. The molecule has 9 heteroatoms. The van der Waals surface area contributed by atoms with Crippen LogP contribution >= 0.6 is 0 Å². The molecule has 0 bridgehead atoms. The van der Waals surface area contributed by atoms with Crippen molar-refractivity contribution in [3.05, 3.63) is 75.7 Å². The predicted octanol–water partition coefficient (Wildman–Crippen LogP) is 3.93. The van der Waals surface area contributed by atoms with Gasteiger partial charge < -0.3 is 4.57 Å². The lowest BCUT2D eigenvalue weighted by Gasteiger charge is -2.19. The molecule has 0 saturated carbocycles. The second kappa shape index (κ2) is 9.61. The number of H-pyrrole nitrogens is 1. The summed E-state index contributed by atoms with van der Waals surface area (Å²) in [5.74, 6) is 0.881.